The van der Waals surface area contributed by atoms with Crippen molar-refractivity contribution in [2.75, 3.05) is 0 Å². The Morgan fingerprint density at radius 1 is 1.06 bits per heavy atom. The summed E-state index contributed by atoms with van der Waals surface area (Å²) in [6.45, 7) is 0. The molecule has 0 aliphatic rings. The lowest BCUT2D eigenvalue weighted by molar-refractivity contribution is -0.305. The second-order valence-corrected chi connectivity index (χ2v) is 3.04. The molecule has 0 saturated heterocycles. The van der Waals surface area contributed by atoms with Crippen molar-refractivity contribution < 1.29 is 36.2 Å². The molecular weight excluding hydrogens is 254 g/mol. The zero-order valence-electron chi connectivity index (χ0n) is 8.01. The first kappa shape index (κ1) is 13.5. The van der Waals surface area contributed by atoms with Crippen molar-refractivity contribution in [3.05, 3.63) is 24.3 Å². The second-order valence-electron chi connectivity index (χ2n) is 3.04. The molecule has 0 aromatic heterocycles. The number of halogens is 6. The Kier molecular flexibility index (Phi) is 3.44. The molecule has 0 heterocycles. The van der Waals surface area contributed by atoms with Crippen LogP contribution < -0.4 is 4.74 Å². The predicted molar refractivity (Wildman–Crippen MR) is 44.6 cm³/mol. The maximum atomic E-state index is 12.8. The highest BCUT2D eigenvalue weighted by molar-refractivity contribution is 5.38. The Labute approximate surface area is 91.4 Å². The van der Waals surface area contributed by atoms with Crippen LogP contribution >= 0.6 is 0 Å². The Morgan fingerprint density at radius 2 is 1.59 bits per heavy atom. The number of phenolic OH excluding ortho intramolecular Hbond substituents is 1. The lowest BCUT2D eigenvalue weighted by atomic mass is 10.3. The predicted octanol–water partition coefficient (Wildman–Crippen LogP) is 3.26. The molecule has 2 nitrogen and oxygen atoms in total. The SMILES string of the molecule is Oc1ccccc1OC(F)(F)[C@H](F)C(F)(F)F. The summed E-state index contributed by atoms with van der Waals surface area (Å²) in [5, 5.41) is 9.00. The molecule has 8 heteroatoms. The summed E-state index contributed by atoms with van der Waals surface area (Å²) in [6.07, 6.45) is -15.3. The van der Waals surface area contributed by atoms with E-state index in [2.05, 4.69) is 4.74 Å². The Hall–Kier alpha value is -1.60. The van der Waals surface area contributed by atoms with Gasteiger partial charge in [-0.15, -0.1) is 0 Å². The fourth-order valence-electron chi connectivity index (χ4n) is 0.932. The molecule has 17 heavy (non-hydrogen) atoms. The molecule has 0 aliphatic carbocycles. The lowest BCUT2D eigenvalue weighted by Gasteiger charge is -2.23. The van der Waals surface area contributed by atoms with Crippen molar-refractivity contribution in [1.29, 1.82) is 0 Å². The maximum Gasteiger partial charge on any atom is 0.439 e. The van der Waals surface area contributed by atoms with Crippen LogP contribution in [0.3, 0.4) is 0 Å². The van der Waals surface area contributed by atoms with Gasteiger partial charge in [0, 0.05) is 0 Å². The van der Waals surface area contributed by atoms with E-state index in [-0.39, 0.29) is 0 Å². The number of benzene rings is 1. The summed E-state index contributed by atoms with van der Waals surface area (Å²) in [7, 11) is 0. The van der Waals surface area contributed by atoms with Crippen LogP contribution in [-0.2, 0) is 0 Å². The number of alkyl halides is 6. The maximum absolute atomic E-state index is 12.8. The molecule has 0 amide bonds. The summed E-state index contributed by atoms with van der Waals surface area (Å²) < 4.78 is 76.7. The van der Waals surface area contributed by atoms with Gasteiger partial charge in [0.25, 0.3) is 6.17 Å². The van der Waals surface area contributed by atoms with Gasteiger partial charge in [-0.2, -0.15) is 22.0 Å². The minimum absolute atomic E-state index is 0.784. The molecule has 1 rings (SSSR count). The number of phenols is 1. The van der Waals surface area contributed by atoms with Gasteiger partial charge in [-0.1, -0.05) is 12.1 Å². The Morgan fingerprint density at radius 3 is 2.06 bits per heavy atom. The highest BCUT2D eigenvalue weighted by Gasteiger charge is 2.59. The van der Waals surface area contributed by atoms with E-state index in [1.807, 2.05) is 0 Å². The summed E-state index contributed by atoms with van der Waals surface area (Å²) in [5.74, 6) is -1.76. The number of aromatic hydroxyl groups is 1. The average Bonchev–Trinajstić information content (AvgIpc) is 2.19. The molecule has 1 aromatic rings. The molecule has 0 radical (unpaired) electrons. The van der Waals surface area contributed by atoms with Crippen molar-refractivity contribution in [2.45, 2.75) is 18.5 Å². The molecule has 1 atom stereocenters. The van der Waals surface area contributed by atoms with Crippen LogP contribution in [0.4, 0.5) is 26.3 Å². The highest BCUT2D eigenvalue weighted by atomic mass is 19.4. The average molecular weight is 260 g/mol. The lowest BCUT2D eigenvalue weighted by Crippen LogP contribution is -2.45. The van der Waals surface area contributed by atoms with Crippen molar-refractivity contribution >= 4 is 0 Å². The molecule has 1 N–H and O–H groups in total. The minimum Gasteiger partial charge on any atom is -0.504 e. The van der Waals surface area contributed by atoms with E-state index in [4.69, 9.17) is 5.11 Å². The van der Waals surface area contributed by atoms with Crippen molar-refractivity contribution in [2.24, 2.45) is 0 Å². The van der Waals surface area contributed by atoms with Gasteiger partial charge in [0.15, 0.2) is 11.5 Å². The first-order valence-corrected chi connectivity index (χ1v) is 4.20. The fraction of sp³-hybridized carbons (Fsp3) is 0.333. The Bertz CT molecular complexity index is 389. The van der Waals surface area contributed by atoms with Crippen molar-refractivity contribution in [3.8, 4) is 11.5 Å². The summed E-state index contributed by atoms with van der Waals surface area (Å²) in [4.78, 5) is 0. The van der Waals surface area contributed by atoms with Gasteiger partial charge in [0.2, 0.25) is 0 Å². The monoisotopic (exact) mass is 260 g/mol. The first-order valence-electron chi connectivity index (χ1n) is 4.20. The van der Waals surface area contributed by atoms with E-state index in [0.29, 0.717) is 0 Å². The van der Waals surface area contributed by atoms with Crippen LogP contribution in [0.15, 0.2) is 24.3 Å². The molecule has 1 aromatic carbocycles. The molecule has 0 fully saturated rings. The third-order valence-electron chi connectivity index (χ3n) is 1.69. The van der Waals surface area contributed by atoms with Gasteiger partial charge in [-0.3, -0.25) is 0 Å². The van der Waals surface area contributed by atoms with E-state index >= 15 is 0 Å². The summed E-state index contributed by atoms with van der Waals surface area (Å²) in [5.41, 5.74) is 0. The molecule has 0 aliphatic heterocycles. The van der Waals surface area contributed by atoms with Gasteiger partial charge in [-0.05, 0) is 12.1 Å². The summed E-state index contributed by atoms with van der Waals surface area (Å²) >= 11 is 0. The van der Waals surface area contributed by atoms with Crippen LogP contribution in [0.2, 0.25) is 0 Å². The first-order chi connectivity index (χ1) is 7.64. The van der Waals surface area contributed by atoms with Crippen molar-refractivity contribution in [3.63, 3.8) is 0 Å². The van der Waals surface area contributed by atoms with E-state index < -0.39 is 30.0 Å². The van der Waals surface area contributed by atoms with Crippen LogP contribution in [0.1, 0.15) is 0 Å². The number of para-hydroxylation sites is 2. The zero-order chi connectivity index (χ0) is 13.3. The molecule has 0 bridgehead atoms. The topological polar surface area (TPSA) is 29.5 Å². The van der Waals surface area contributed by atoms with Crippen molar-refractivity contribution in [1.82, 2.24) is 0 Å². The molecule has 0 unspecified atom stereocenters. The van der Waals surface area contributed by atoms with Crippen LogP contribution in [0.25, 0.3) is 0 Å². The quantitative estimate of drug-likeness (QED) is 0.845. The number of rotatable bonds is 3. The van der Waals surface area contributed by atoms with E-state index in [0.717, 1.165) is 18.2 Å². The number of ether oxygens (including phenoxy) is 1. The molecule has 0 saturated carbocycles. The van der Waals surface area contributed by atoms with E-state index in [9.17, 15) is 26.3 Å². The van der Waals surface area contributed by atoms with Gasteiger partial charge < -0.3 is 9.84 Å². The van der Waals surface area contributed by atoms with E-state index in [1.165, 1.54) is 6.07 Å². The number of hydrogen-bond donors (Lipinski definition) is 1. The normalized spacial score (nSPS) is 14.5. The third-order valence-corrected chi connectivity index (χ3v) is 1.69. The van der Waals surface area contributed by atoms with Gasteiger partial charge in [0.1, 0.15) is 0 Å². The molecule has 96 valence electrons. The van der Waals surface area contributed by atoms with Crippen LogP contribution in [0, 0.1) is 0 Å². The number of hydrogen-bond acceptors (Lipinski definition) is 2. The zero-order valence-corrected chi connectivity index (χ0v) is 8.01. The van der Waals surface area contributed by atoms with Gasteiger partial charge >= 0.3 is 12.3 Å². The van der Waals surface area contributed by atoms with Crippen LogP contribution in [0.5, 0.6) is 11.5 Å². The largest absolute Gasteiger partial charge is 0.504 e. The van der Waals surface area contributed by atoms with Gasteiger partial charge in [-0.25, -0.2) is 4.39 Å². The van der Waals surface area contributed by atoms with Crippen LogP contribution in [-0.4, -0.2) is 23.6 Å². The summed E-state index contributed by atoms with van der Waals surface area (Å²) in [6, 6.07) is 4.06. The molecular formula is C9H6F6O2. The Balaban J connectivity index is 2.90. The van der Waals surface area contributed by atoms with E-state index in [1.54, 1.807) is 0 Å². The smallest absolute Gasteiger partial charge is 0.439 e. The third kappa shape index (κ3) is 3.18. The van der Waals surface area contributed by atoms with Gasteiger partial charge in [0.05, 0.1) is 0 Å². The second kappa shape index (κ2) is 4.34. The standard InChI is InChI=1S/C9H6F6O2/c10-7(8(11,12)13)9(14,15)17-6-4-2-1-3-5(6)16/h1-4,7,16H/t7-/m1/s1. The fourth-order valence-corrected chi connectivity index (χ4v) is 0.932. The highest BCUT2D eigenvalue weighted by Crippen LogP contribution is 2.38. The minimum atomic E-state index is -5.76. The molecule has 0 spiro atoms.